The summed E-state index contributed by atoms with van der Waals surface area (Å²) in [6, 6.07) is 7.64. The molecule has 1 aromatic carbocycles. The maximum atomic E-state index is 13.3. The van der Waals surface area contributed by atoms with E-state index in [1.807, 2.05) is 0 Å². The van der Waals surface area contributed by atoms with Crippen molar-refractivity contribution in [3.63, 3.8) is 0 Å². The number of amides is 3. The topological polar surface area (TPSA) is 118 Å². The van der Waals surface area contributed by atoms with Crippen molar-refractivity contribution < 1.29 is 19.2 Å². The van der Waals surface area contributed by atoms with E-state index in [0.717, 1.165) is 12.8 Å². The maximum absolute atomic E-state index is 13.3. The highest BCUT2D eigenvalue weighted by molar-refractivity contribution is 9.10. The van der Waals surface area contributed by atoms with Gasteiger partial charge in [0.15, 0.2) is 12.4 Å². The molecule has 3 heterocycles. The van der Waals surface area contributed by atoms with Crippen LogP contribution in [0.5, 0.6) is 0 Å². The lowest BCUT2D eigenvalue weighted by Gasteiger charge is -2.16. The van der Waals surface area contributed by atoms with Crippen LogP contribution >= 0.6 is 55.1 Å². The summed E-state index contributed by atoms with van der Waals surface area (Å²) in [5.41, 5.74) is 2.48. The summed E-state index contributed by atoms with van der Waals surface area (Å²) in [7, 11) is 0. The SMILES string of the molecule is O=C(NOCC(=O)N1CCCC1)c1cc(Cl)cc(Br)c1NC(=O)c1cc(Br)nn1-c1ncccc1Cl. The minimum Gasteiger partial charge on any atom is -0.341 e. The molecule has 2 aromatic heterocycles. The highest BCUT2D eigenvalue weighted by Crippen LogP contribution is 2.32. The van der Waals surface area contributed by atoms with Crippen molar-refractivity contribution in [2.24, 2.45) is 0 Å². The molecule has 0 spiro atoms. The van der Waals surface area contributed by atoms with Crippen LogP contribution in [0.2, 0.25) is 10.0 Å². The fourth-order valence-electron chi connectivity index (χ4n) is 3.54. The number of anilines is 1. The summed E-state index contributed by atoms with van der Waals surface area (Å²) >= 11 is 19.0. The highest BCUT2D eigenvalue weighted by atomic mass is 79.9. The molecule has 3 aromatic rings. The first-order valence-electron chi connectivity index (χ1n) is 10.6. The van der Waals surface area contributed by atoms with E-state index < -0.39 is 11.8 Å². The van der Waals surface area contributed by atoms with Gasteiger partial charge >= 0.3 is 0 Å². The van der Waals surface area contributed by atoms with Crippen molar-refractivity contribution >= 4 is 78.5 Å². The van der Waals surface area contributed by atoms with Crippen molar-refractivity contribution in [2.75, 3.05) is 25.0 Å². The number of halogens is 4. The molecule has 0 bridgehead atoms. The predicted molar refractivity (Wildman–Crippen MR) is 140 cm³/mol. The van der Waals surface area contributed by atoms with Crippen LogP contribution < -0.4 is 10.8 Å². The van der Waals surface area contributed by atoms with Crippen LogP contribution in [-0.2, 0) is 9.63 Å². The zero-order chi connectivity index (χ0) is 25.8. The molecular formula is C22H18Br2Cl2N6O4. The third kappa shape index (κ3) is 6.06. The summed E-state index contributed by atoms with van der Waals surface area (Å²) in [4.78, 5) is 49.3. The number of hydrogen-bond acceptors (Lipinski definition) is 6. The van der Waals surface area contributed by atoms with Crippen molar-refractivity contribution in [1.29, 1.82) is 0 Å². The Hall–Kier alpha value is -2.51. The molecule has 36 heavy (non-hydrogen) atoms. The third-order valence-electron chi connectivity index (χ3n) is 5.21. The van der Waals surface area contributed by atoms with E-state index in [1.165, 1.54) is 29.1 Å². The number of hydrogen-bond donors (Lipinski definition) is 2. The molecule has 188 valence electrons. The molecular weight excluding hydrogens is 643 g/mol. The molecule has 0 unspecified atom stereocenters. The minimum atomic E-state index is -0.704. The van der Waals surface area contributed by atoms with Crippen molar-refractivity contribution in [3.05, 3.63) is 66.9 Å². The van der Waals surface area contributed by atoms with E-state index in [-0.39, 0.29) is 45.3 Å². The molecule has 14 heteroatoms. The van der Waals surface area contributed by atoms with Crippen LogP contribution in [-0.4, -0.2) is 57.1 Å². The van der Waals surface area contributed by atoms with Gasteiger partial charge in [0.05, 0.1) is 16.3 Å². The Morgan fingerprint density at radius 1 is 1.08 bits per heavy atom. The van der Waals surface area contributed by atoms with E-state index >= 15 is 0 Å². The lowest BCUT2D eigenvalue weighted by atomic mass is 10.1. The molecule has 1 fully saturated rings. The Kier molecular flexibility index (Phi) is 8.62. The number of rotatable bonds is 7. The Bertz CT molecular complexity index is 1330. The lowest BCUT2D eigenvalue weighted by molar-refractivity contribution is -0.136. The Morgan fingerprint density at radius 2 is 1.83 bits per heavy atom. The second kappa shape index (κ2) is 11.7. The largest absolute Gasteiger partial charge is 0.341 e. The summed E-state index contributed by atoms with van der Waals surface area (Å²) < 4.78 is 2.00. The fourth-order valence-corrected chi connectivity index (χ4v) is 5.03. The number of carbonyl (C=O) groups excluding carboxylic acids is 3. The number of benzene rings is 1. The normalized spacial score (nSPS) is 13.1. The highest BCUT2D eigenvalue weighted by Gasteiger charge is 2.24. The van der Waals surface area contributed by atoms with Crippen LogP contribution in [0.4, 0.5) is 5.69 Å². The monoisotopic (exact) mass is 658 g/mol. The summed E-state index contributed by atoms with van der Waals surface area (Å²) in [6.45, 7) is 1.03. The van der Waals surface area contributed by atoms with E-state index in [0.29, 0.717) is 22.2 Å². The van der Waals surface area contributed by atoms with E-state index in [9.17, 15) is 14.4 Å². The minimum absolute atomic E-state index is 0.0114. The quantitative estimate of drug-likeness (QED) is 0.357. The van der Waals surface area contributed by atoms with Crippen LogP contribution in [0.25, 0.3) is 5.82 Å². The molecule has 3 amide bonds. The molecule has 1 aliphatic rings. The van der Waals surface area contributed by atoms with Crippen LogP contribution in [0.3, 0.4) is 0 Å². The van der Waals surface area contributed by atoms with E-state index in [2.05, 4.69) is 52.7 Å². The van der Waals surface area contributed by atoms with Gasteiger partial charge in [-0.25, -0.2) is 15.1 Å². The molecule has 1 aliphatic heterocycles. The van der Waals surface area contributed by atoms with Crippen molar-refractivity contribution in [2.45, 2.75) is 12.8 Å². The summed E-state index contributed by atoms with van der Waals surface area (Å²) in [6.07, 6.45) is 3.41. The van der Waals surface area contributed by atoms with Gasteiger partial charge in [0.25, 0.3) is 17.7 Å². The first-order chi connectivity index (χ1) is 17.2. The molecule has 2 N–H and O–H groups in total. The Labute approximate surface area is 232 Å². The van der Waals surface area contributed by atoms with Crippen molar-refractivity contribution in [1.82, 2.24) is 25.1 Å². The van der Waals surface area contributed by atoms with Gasteiger partial charge in [-0.15, -0.1) is 0 Å². The second-order valence-electron chi connectivity index (χ2n) is 7.64. The number of nitrogens with one attached hydrogen (secondary N) is 2. The van der Waals surface area contributed by atoms with E-state index in [1.54, 1.807) is 17.0 Å². The van der Waals surface area contributed by atoms with Gasteiger partial charge in [-0.1, -0.05) is 23.2 Å². The van der Waals surface area contributed by atoms with Gasteiger partial charge in [-0.2, -0.15) is 5.10 Å². The lowest BCUT2D eigenvalue weighted by Crippen LogP contribution is -2.35. The van der Waals surface area contributed by atoms with Crippen LogP contribution in [0.1, 0.15) is 33.7 Å². The average molecular weight is 661 g/mol. The number of nitrogens with zero attached hydrogens (tertiary/aromatic N) is 4. The fraction of sp³-hybridized carbons (Fsp3) is 0.227. The standard InChI is InChI=1S/C22H18Br2Cl2N6O4/c23-14-9-12(25)8-13(21(34)30-36-11-18(33)31-6-1-2-7-31)19(14)28-22(35)16-10-17(24)29-32(16)20-15(26)4-3-5-27-20/h3-5,8-10H,1-2,6-7,11H2,(H,28,35)(H,30,34). The molecule has 1 saturated heterocycles. The number of hydroxylamine groups is 1. The van der Waals surface area contributed by atoms with Gasteiger partial charge < -0.3 is 10.2 Å². The first-order valence-corrected chi connectivity index (χ1v) is 13.0. The first kappa shape index (κ1) is 26.6. The Balaban J connectivity index is 1.54. The van der Waals surface area contributed by atoms with Gasteiger partial charge in [0.1, 0.15) is 10.3 Å². The molecule has 0 saturated carbocycles. The van der Waals surface area contributed by atoms with Gasteiger partial charge in [0.2, 0.25) is 0 Å². The number of aromatic nitrogens is 3. The zero-order valence-electron chi connectivity index (χ0n) is 18.4. The van der Waals surface area contributed by atoms with Gasteiger partial charge in [-0.05, 0) is 69.0 Å². The Morgan fingerprint density at radius 3 is 2.56 bits per heavy atom. The number of carbonyl (C=O) groups is 3. The van der Waals surface area contributed by atoms with Crippen LogP contribution in [0.15, 0.2) is 45.6 Å². The van der Waals surface area contributed by atoms with E-state index in [4.69, 9.17) is 28.0 Å². The number of likely N-dealkylation sites (tertiary alicyclic amines) is 1. The molecule has 0 radical (unpaired) electrons. The van der Waals surface area contributed by atoms with Crippen LogP contribution in [0, 0.1) is 0 Å². The van der Waals surface area contributed by atoms with Gasteiger partial charge in [0, 0.05) is 34.8 Å². The molecule has 0 atom stereocenters. The summed E-state index contributed by atoms with van der Waals surface area (Å²) in [5, 5.41) is 7.48. The maximum Gasteiger partial charge on any atom is 0.277 e. The zero-order valence-corrected chi connectivity index (χ0v) is 23.1. The summed E-state index contributed by atoms with van der Waals surface area (Å²) in [5.74, 6) is -1.28. The second-order valence-corrected chi connectivity index (χ2v) is 10.2. The average Bonchev–Trinajstić information content (AvgIpc) is 3.51. The number of pyridine rings is 1. The molecule has 10 nitrogen and oxygen atoms in total. The van der Waals surface area contributed by atoms with Gasteiger partial charge in [-0.3, -0.25) is 19.2 Å². The smallest absolute Gasteiger partial charge is 0.277 e. The third-order valence-corrected chi connectivity index (χ3v) is 6.74. The predicted octanol–water partition coefficient (Wildman–Crippen LogP) is 4.64. The molecule has 0 aliphatic carbocycles. The molecule has 4 rings (SSSR count). The van der Waals surface area contributed by atoms with Crippen molar-refractivity contribution in [3.8, 4) is 5.82 Å².